The fraction of sp³-hybridized carbons (Fsp3) is 0.714. The van der Waals surface area contributed by atoms with Gasteiger partial charge in [0, 0.05) is 31.1 Å². The molecular weight excluding hydrogens is 431 g/mol. The number of hydrogen-bond acceptors (Lipinski definition) is 4. The maximum absolute atomic E-state index is 13.1. The molecule has 1 saturated heterocycles. The third kappa shape index (κ3) is 7.11. The lowest BCUT2D eigenvalue weighted by molar-refractivity contribution is -0.123. The normalized spacial score (nSPS) is 28.6. The molecule has 0 radical (unpaired) electrons. The molecule has 1 aliphatic heterocycles. The summed E-state index contributed by atoms with van der Waals surface area (Å²) >= 11 is 0. The molecule has 3 aliphatic rings. The lowest BCUT2D eigenvalue weighted by atomic mass is 9.83. The van der Waals surface area contributed by atoms with Crippen LogP contribution in [-0.2, 0) is 9.53 Å². The van der Waals surface area contributed by atoms with Crippen molar-refractivity contribution in [2.45, 2.75) is 82.8 Å². The Kier molecular flexibility index (Phi) is 9.12. The van der Waals surface area contributed by atoms with Crippen molar-refractivity contribution >= 4 is 11.7 Å². The molecule has 2 aliphatic carbocycles. The fourth-order valence-corrected chi connectivity index (χ4v) is 6.21. The zero-order chi connectivity index (χ0) is 23.9. The second kappa shape index (κ2) is 12.3. The molecule has 34 heavy (non-hydrogen) atoms. The minimum absolute atomic E-state index is 0.0605. The van der Waals surface area contributed by atoms with Crippen molar-refractivity contribution < 1.29 is 18.7 Å². The lowest BCUT2D eigenvalue weighted by Gasteiger charge is -2.34. The monoisotopic (exact) mass is 472 g/mol. The highest BCUT2D eigenvalue weighted by Gasteiger charge is 2.29. The first kappa shape index (κ1) is 25.3. The molecule has 0 aromatic heterocycles. The van der Waals surface area contributed by atoms with Crippen LogP contribution in [0.3, 0.4) is 0 Å². The maximum atomic E-state index is 13.1. The van der Waals surface area contributed by atoms with Gasteiger partial charge in [-0.25, -0.2) is 4.39 Å². The first-order valence-electron chi connectivity index (χ1n) is 13.3. The summed E-state index contributed by atoms with van der Waals surface area (Å²) in [7, 11) is 1.77. The van der Waals surface area contributed by atoms with Crippen LogP contribution in [0.15, 0.2) is 24.3 Å². The Morgan fingerprint density at radius 2 is 1.65 bits per heavy atom. The molecule has 1 amide bonds. The number of ketones is 1. The zero-order valence-corrected chi connectivity index (χ0v) is 20.6. The summed E-state index contributed by atoms with van der Waals surface area (Å²) in [5.41, 5.74) is 0.631. The fourth-order valence-electron chi connectivity index (χ4n) is 6.21. The van der Waals surface area contributed by atoms with Gasteiger partial charge in [-0.2, -0.15) is 0 Å². The number of carbonyl (C=O) groups excluding carboxylic acids is 2. The van der Waals surface area contributed by atoms with E-state index in [9.17, 15) is 14.0 Å². The van der Waals surface area contributed by atoms with Crippen molar-refractivity contribution in [1.29, 1.82) is 0 Å². The number of likely N-dealkylation sites (tertiary alicyclic amines) is 1. The first-order chi connectivity index (χ1) is 16.5. The van der Waals surface area contributed by atoms with E-state index in [-0.39, 0.29) is 23.4 Å². The summed E-state index contributed by atoms with van der Waals surface area (Å²) in [6.45, 7) is 3.03. The molecule has 188 valence electrons. The summed E-state index contributed by atoms with van der Waals surface area (Å²) in [4.78, 5) is 27.6. The molecule has 3 fully saturated rings. The Labute approximate surface area is 203 Å². The van der Waals surface area contributed by atoms with Crippen LogP contribution in [0.25, 0.3) is 0 Å². The average Bonchev–Trinajstić information content (AvgIpc) is 3.31. The first-order valence-corrected chi connectivity index (χ1v) is 13.3. The number of benzene rings is 1. The molecule has 1 heterocycles. The lowest BCUT2D eigenvalue weighted by Crippen LogP contribution is -2.39. The van der Waals surface area contributed by atoms with Crippen molar-refractivity contribution in [3.05, 3.63) is 35.6 Å². The molecule has 2 atom stereocenters. The quantitative estimate of drug-likeness (QED) is 0.515. The van der Waals surface area contributed by atoms with Crippen LogP contribution in [0.2, 0.25) is 0 Å². The van der Waals surface area contributed by atoms with Gasteiger partial charge in [-0.05, 0) is 120 Å². The molecule has 1 N–H and O–H groups in total. The van der Waals surface area contributed by atoms with Gasteiger partial charge >= 0.3 is 0 Å². The van der Waals surface area contributed by atoms with Gasteiger partial charge in [-0.3, -0.25) is 9.59 Å². The van der Waals surface area contributed by atoms with Gasteiger partial charge in [-0.15, -0.1) is 0 Å². The van der Waals surface area contributed by atoms with E-state index in [1.165, 1.54) is 31.4 Å². The van der Waals surface area contributed by atoms with Gasteiger partial charge in [-0.1, -0.05) is 0 Å². The van der Waals surface area contributed by atoms with E-state index in [1.54, 1.807) is 19.2 Å². The Morgan fingerprint density at radius 1 is 0.971 bits per heavy atom. The maximum Gasteiger partial charge on any atom is 0.220 e. The highest BCUT2D eigenvalue weighted by Crippen LogP contribution is 2.31. The summed E-state index contributed by atoms with van der Waals surface area (Å²) < 4.78 is 18.5. The standard InChI is InChI=1S/C28H41FN2O3/c1-34-26-11-4-21(18-26)19-27(32)30-25-9-2-20(3-10-25)12-15-31-16-13-23(14-17-31)28(33)22-5-7-24(29)8-6-22/h5-8,20-21,23,25-26H,2-4,9-19H2,1H3,(H,30,32)/t20-,21-,25+,26-/m1/s1. The van der Waals surface area contributed by atoms with Crippen LogP contribution in [0.1, 0.15) is 81.0 Å². The summed E-state index contributed by atoms with van der Waals surface area (Å²) in [6.07, 6.45) is 11.8. The van der Waals surface area contributed by atoms with Gasteiger partial charge in [0.15, 0.2) is 5.78 Å². The molecule has 0 spiro atoms. The van der Waals surface area contributed by atoms with E-state index >= 15 is 0 Å². The zero-order valence-electron chi connectivity index (χ0n) is 20.6. The van der Waals surface area contributed by atoms with Gasteiger partial charge in [0.2, 0.25) is 5.91 Å². The van der Waals surface area contributed by atoms with E-state index in [0.717, 1.165) is 70.5 Å². The van der Waals surface area contributed by atoms with Crippen LogP contribution in [0, 0.1) is 23.6 Å². The van der Waals surface area contributed by atoms with E-state index < -0.39 is 0 Å². The van der Waals surface area contributed by atoms with Crippen molar-refractivity contribution in [2.24, 2.45) is 17.8 Å². The Balaban J connectivity index is 1.09. The van der Waals surface area contributed by atoms with Crippen molar-refractivity contribution in [1.82, 2.24) is 10.2 Å². The van der Waals surface area contributed by atoms with E-state index in [2.05, 4.69) is 10.2 Å². The van der Waals surface area contributed by atoms with Crippen LogP contribution in [-0.4, -0.2) is 55.5 Å². The summed E-state index contributed by atoms with van der Waals surface area (Å²) in [5.74, 6) is 1.37. The van der Waals surface area contributed by atoms with E-state index in [1.807, 2.05) is 0 Å². The minimum Gasteiger partial charge on any atom is -0.381 e. The van der Waals surface area contributed by atoms with Crippen molar-refractivity contribution in [3.8, 4) is 0 Å². The Morgan fingerprint density at radius 3 is 2.29 bits per heavy atom. The molecule has 2 saturated carbocycles. The predicted octanol–water partition coefficient (Wildman–Crippen LogP) is 4.99. The van der Waals surface area contributed by atoms with Crippen LogP contribution in [0.5, 0.6) is 0 Å². The molecule has 0 unspecified atom stereocenters. The van der Waals surface area contributed by atoms with Crippen molar-refractivity contribution in [2.75, 3.05) is 26.7 Å². The number of nitrogens with one attached hydrogen (secondary N) is 1. The number of amides is 1. The second-order valence-electron chi connectivity index (χ2n) is 10.8. The smallest absolute Gasteiger partial charge is 0.220 e. The molecule has 1 aromatic carbocycles. The van der Waals surface area contributed by atoms with Gasteiger partial charge in [0.25, 0.3) is 0 Å². The number of rotatable bonds is 9. The number of halogens is 1. The summed E-state index contributed by atoms with van der Waals surface area (Å²) in [5, 5.41) is 3.29. The molecule has 4 rings (SSSR count). The topological polar surface area (TPSA) is 58.6 Å². The highest BCUT2D eigenvalue weighted by molar-refractivity contribution is 5.97. The summed E-state index contributed by atoms with van der Waals surface area (Å²) in [6, 6.07) is 6.30. The molecule has 0 bridgehead atoms. The highest BCUT2D eigenvalue weighted by atomic mass is 19.1. The van der Waals surface area contributed by atoms with Gasteiger partial charge in [0.05, 0.1) is 6.10 Å². The van der Waals surface area contributed by atoms with Crippen molar-refractivity contribution in [3.63, 3.8) is 0 Å². The third-order valence-corrected chi connectivity index (χ3v) is 8.45. The van der Waals surface area contributed by atoms with Gasteiger partial charge < -0.3 is 15.0 Å². The van der Waals surface area contributed by atoms with Crippen LogP contribution in [0.4, 0.5) is 4.39 Å². The minimum atomic E-state index is -0.299. The number of methoxy groups -OCH3 is 1. The largest absolute Gasteiger partial charge is 0.381 e. The SMILES string of the molecule is CO[C@@H]1CC[C@@H](CC(=O)N[C@H]2CC[C@@H](CCN3CCC(C(=O)c4ccc(F)cc4)CC3)CC2)C1. The Bertz CT molecular complexity index is 798. The molecular formula is C28H41FN2O3. The predicted molar refractivity (Wildman–Crippen MR) is 131 cm³/mol. The second-order valence-corrected chi connectivity index (χ2v) is 10.8. The van der Waals surface area contributed by atoms with Crippen LogP contribution >= 0.6 is 0 Å². The number of carbonyl (C=O) groups is 2. The number of ether oxygens (including phenoxy) is 1. The van der Waals surface area contributed by atoms with Crippen LogP contribution < -0.4 is 5.32 Å². The average molecular weight is 473 g/mol. The Hall–Kier alpha value is -1.79. The molecule has 1 aromatic rings. The number of Topliss-reactive ketones (excluding diaryl/α,β-unsaturated/α-hetero) is 1. The number of piperidine rings is 1. The molecule has 6 heteroatoms. The number of nitrogens with zero attached hydrogens (tertiary/aromatic N) is 1. The number of hydrogen-bond donors (Lipinski definition) is 1. The van der Waals surface area contributed by atoms with Gasteiger partial charge in [0.1, 0.15) is 5.82 Å². The molecule has 5 nitrogen and oxygen atoms in total. The van der Waals surface area contributed by atoms with E-state index in [0.29, 0.717) is 30.0 Å². The third-order valence-electron chi connectivity index (χ3n) is 8.45. The van der Waals surface area contributed by atoms with E-state index in [4.69, 9.17) is 4.74 Å².